The summed E-state index contributed by atoms with van der Waals surface area (Å²) in [6.45, 7) is 1.48. The van der Waals surface area contributed by atoms with Gasteiger partial charge < -0.3 is 9.47 Å². The maximum Gasteiger partial charge on any atom is 0.344 e. The number of halogens is 1. The van der Waals surface area contributed by atoms with Crippen molar-refractivity contribution in [2.24, 2.45) is 0 Å². The third-order valence-corrected chi connectivity index (χ3v) is 1.92. The van der Waals surface area contributed by atoms with Crippen molar-refractivity contribution in [1.29, 1.82) is 0 Å². The van der Waals surface area contributed by atoms with Gasteiger partial charge in [-0.3, -0.25) is 0 Å². The van der Waals surface area contributed by atoms with Gasteiger partial charge in [-0.05, 0) is 30.7 Å². The summed E-state index contributed by atoms with van der Waals surface area (Å²) in [6.07, 6.45) is 2.62. The normalized spacial score (nSPS) is 10.3. The summed E-state index contributed by atoms with van der Waals surface area (Å²) in [4.78, 5) is 22.1. The van der Waals surface area contributed by atoms with Crippen LogP contribution in [0.25, 0.3) is 6.08 Å². The maximum absolute atomic E-state index is 12.6. The highest BCUT2D eigenvalue weighted by molar-refractivity contribution is 5.88. The molecule has 18 heavy (non-hydrogen) atoms. The van der Waals surface area contributed by atoms with Gasteiger partial charge in [0.2, 0.25) is 0 Å². The van der Waals surface area contributed by atoms with Crippen LogP contribution in [0.2, 0.25) is 0 Å². The molecule has 0 aromatic heterocycles. The lowest BCUT2D eigenvalue weighted by Crippen LogP contribution is -2.14. The number of esters is 2. The molecule has 0 bridgehead atoms. The van der Waals surface area contributed by atoms with Crippen molar-refractivity contribution in [2.75, 3.05) is 13.2 Å². The second kappa shape index (κ2) is 7.21. The molecule has 0 spiro atoms. The number of carbonyl (C=O) groups is 2. The molecule has 4 nitrogen and oxygen atoms in total. The van der Waals surface area contributed by atoms with E-state index >= 15 is 0 Å². The second-order valence-corrected chi connectivity index (χ2v) is 3.30. The van der Waals surface area contributed by atoms with E-state index in [1.807, 2.05) is 0 Å². The minimum absolute atomic E-state index is 0.238. The molecular weight excluding hydrogens is 239 g/mol. The predicted octanol–water partition coefficient (Wildman–Crippen LogP) is 1.95. The van der Waals surface area contributed by atoms with Crippen LogP contribution in [0.5, 0.6) is 0 Å². The number of hydrogen-bond donors (Lipinski definition) is 0. The van der Waals surface area contributed by atoms with Crippen LogP contribution in [0.15, 0.2) is 30.3 Å². The number of ether oxygens (including phenoxy) is 2. The van der Waals surface area contributed by atoms with Gasteiger partial charge in [-0.25, -0.2) is 14.0 Å². The van der Waals surface area contributed by atoms with E-state index in [0.29, 0.717) is 5.56 Å². The van der Waals surface area contributed by atoms with Gasteiger partial charge in [-0.15, -0.1) is 0 Å². The molecule has 5 heteroatoms. The van der Waals surface area contributed by atoms with Gasteiger partial charge in [-0.1, -0.05) is 12.1 Å². The van der Waals surface area contributed by atoms with E-state index in [1.165, 1.54) is 30.3 Å². The Hall–Kier alpha value is -2.17. The summed E-state index contributed by atoms with van der Waals surface area (Å²) >= 11 is 0. The third kappa shape index (κ3) is 5.25. The summed E-state index contributed by atoms with van der Waals surface area (Å²) in [6, 6.07) is 5.60. The molecule has 96 valence electrons. The molecule has 0 heterocycles. The number of benzene rings is 1. The molecule has 0 atom stereocenters. The highest BCUT2D eigenvalue weighted by Crippen LogP contribution is 2.04. The number of hydrogen-bond acceptors (Lipinski definition) is 4. The highest BCUT2D eigenvalue weighted by atomic mass is 19.1. The second-order valence-electron chi connectivity index (χ2n) is 3.30. The van der Waals surface area contributed by atoms with Crippen molar-refractivity contribution in [1.82, 2.24) is 0 Å². The van der Waals surface area contributed by atoms with Crippen LogP contribution in [0, 0.1) is 5.82 Å². The molecule has 0 saturated carbocycles. The molecule has 0 unspecified atom stereocenters. The molecule has 0 N–H and O–H groups in total. The Labute approximate surface area is 104 Å². The van der Waals surface area contributed by atoms with Gasteiger partial charge in [0.05, 0.1) is 6.61 Å². The molecule has 0 fully saturated rings. The summed E-state index contributed by atoms with van der Waals surface area (Å²) in [5.41, 5.74) is 0.657. The fourth-order valence-electron chi connectivity index (χ4n) is 1.12. The van der Waals surface area contributed by atoms with Crippen LogP contribution in [-0.2, 0) is 19.1 Å². The topological polar surface area (TPSA) is 52.6 Å². The van der Waals surface area contributed by atoms with E-state index in [4.69, 9.17) is 0 Å². The summed E-state index contributed by atoms with van der Waals surface area (Å²) in [5, 5.41) is 0. The zero-order valence-electron chi connectivity index (χ0n) is 9.89. The van der Waals surface area contributed by atoms with Gasteiger partial charge in [-0.2, -0.15) is 0 Å². The molecule has 1 aromatic rings. The maximum atomic E-state index is 12.6. The molecule has 1 rings (SSSR count). The lowest BCUT2D eigenvalue weighted by molar-refractivity contribution is -0.155. The Morgan fingerprint density at radius 1 is 1.22 bits per heavy atom. The van der Waals surface area contributed by atoms with Crippen molar-refractivity contribution < 1.29 is 23.5 Å². The summed E-state index contributed by atoms with van der Waals surface area (Å²) in [5.74, 6) is -1.61. The molecule has 0 aliphatic rings. The van der Waals surface area contributed by atoms with Crippen molar-refractivity contribution in [3.05, 3.63) is 41.7 Å². The van der Waals surface area contributed by atoms with Gasteiger partial charge in [0.15, 0.2) is 6.61 Å². The molecule has 0 aliphatic carbocycles. The van der Waals surface area contributed by atoms with Crippen LogP contribution in [0.1, 0.15) is 12.5 Å². The zero-order chi connectivity index (χ0) is 13.4. The smallest absolute Gasteiger partial charge is 0.344 e. The Morgan fingerprint density at radius 3 is 2.50 bits per heavy atom. The van der Waals surface area contributed by atoms with E-state index in [9.17, 15) is 14.0 Å². The van der Waals surface area contributed by atoms with Crippen LogP contribution in [0.4, 0.5) is 4.39 Å². The minimum Gasteiger partial charge on any atom is -0.463 e. The summed E-state index contributed by atoms with van der Waals surface area (Å²) < 4.78 is 21.8. The lowest BCUT2D eigenvalue weighted by atomic mass is 10.2. The summed E-state index contributed by atoms with van der Waals surface area (Å²) in [7, 11) is 0. The van der Waals surface area contributed by atoms with Crippen LogP contribution in [-0.4, -0.2) is 25.2 Å². The van der Waals surface area contributed by atoms with E-state index in [1.54, 1.807) is 6.92 Å². The van der Waals surface area contributed by atoms with Crippen molar-refractivity contribution in [2.45, 2.75) is 6.92 Å². The Morgan fingerprint density at radius 2 is 1.89 bits per heavy atom. The zero-order valence-corrected chi connectivity index (χ0v) is 9.89. The molecule has 0 saturated heterocycles. The number of carbonyl (C=O) groups excluding carboxylic acids is 2. The van der Waals surface area contributed by atoms with Crippen molar-refractivity contribution >= 4 is 18.0 Å². The first-order chi connectivity index (χ1) is 8.61. The predicted molar refractivity (Wildman–Crippen MR) is 63.0 cm³/mol. The van der Waals surface area contributed by atoms with E-state index in [0.717, 1.165) is 6.08 Å². The van der Waals surface area contributed by atoms with Crippen LogP contribution in [0.3, 0.4) is 0 Å². The molecule has 0 amide bonds. The van der Waals surface area contributed by atoms with E-state index < -0.39 is 18.5 Å². The van der Waals surface area contributed by atoms with Gasteiger partial charge in [0.1, 0.15) is 5.82 Å². The molecular formula is C13H13FO4. The molecule has 1 aromatic carbocycles. The van der Waals surface area contributed by atoms with Crippen LogP contribution < -0.4 is 0 Å². The number of rotatable bonds is 5. The Kier molecular flexibility index (Phi) is 5.57. The van der Waals surface area contributed by atoms with Gasteiger partial charge in [0.25, 0.3) is 0 Å². The fraction of sp³-hybridized carbons (Fsp3) is 0.231. The van der Waals surface area contributed by atoms with Gasteiger partial charge in [0, 0.05) is 6.08 Å². The third-order valence-electron chi connectivity index (χ3n) is 1.92. The van der Waals surface area contributed by atoms with Crippen molar-refractivity contribution in [3.63, 3.8) is 0 Å². The van der Waals surface area contributed by atoms with Gasteiger partial charge >= 0.3 is 11.9 Å². The van der Waals surface area contributed by atoms with E-state index in [-0.39, 0.29) is 12.4 Å². The largest absolute Gasteiger partial charge is 0.463 e. The molecule has 0 radical (unpaired) electrons. The lowest BCUT2D eigenvalue weighted by Gasteiger charge is -2.01. The first kappa shape index (κ1) is 13.9. The molecule has 0 aliphatic heterocycles. The first-order valence-corrected chi connectivity index (χ1v) is 5.38. The Bertz CT molecular complexity index is 437. The standard InChI is InChI=1S/C13H13FO4/c1-2-17-13(16)9-18-12(15)8-5-10-3-6-11(14)7-4-10/h3-8H,2,9H2,1H3/b8-5+. The Balaban J connectivity index is 2.40. The minimum atomic E-state index is -0.660. The average Bonchev–Trinajstić information content (AvgIpc) is 2.36. The quantitative estimate of drug-likeness (QED) is 0.593. The SMILES string of the molecule is CCOC(=O)COC(=O)/C=C/c1ccc(F)cc1. The monoisotopic (exact) mass is 252 g/mol. The van der Waals surface area contributed by atoms with E-state index in [2.05, 4.69) is 9.47 Å². The first-order valence-electron chi connectivity index (χ1n) is 5.38. The average molecular weight is 252 g/mol. The van der Waals surface area contributed by atoms with Crippen molar-refractivity contribution in [3.8, 4) is 0 Å². The highest BCUT2D eigenvalue weighted by Gasteiger charge is 2.04. The van der Waals surface area contributed by atoms with Crippen LogP contribution >= 0.6 is 0 Å². The fourth-order valence-corrected chi connectivity index (χ4v) is 1.12.